The Labute approximate surface area is 235 Å². The normalized spacial score (nSPS) is 12.1. The minimum Gasteiger partial charge on any atom is -0.497 e. The Morgan fingerprint density at radius 2 is 1.62 bits per heavy atom. The van der Waals surface area contributed by atoms with E-state index in [0.717, 1.165) is 22.2 Å². The summed E-state index contributed by atoms with van der Waals surface area (Å²) in [5.41, 5.74) is 1.54. The summed E-state index contributed by atoms with van der Waals surface area (Å²) in [7, 11) is -2.44. The number of nitrogens with one attached hydrogen (secondary N) is 1. The van der Waals surface area contributed by atoms with Gasteiger partial charge in [-0.2, -0.15) is 0 Å². The molecule has 2 amide bonds. The molecule has 0 saturated carbocycles. The van der Waals surface area contributed by atoms with Crippen LogP contribution in [-0.2, 0) is 32.6 Å². The number of methoxy groups -OCH3 is 1. The van der Waals surface area contributed by atoms with E-state index in [-0.39, 0.29) is 30.5 Å². The van der Waals surface area contributed by atoms with E-state index in [2.05, 4.69) is 5.32 Å². The van der Waals surface area contributed by atoms with Gasteiger partial charge in [0.1, 0.15) is 24.2 Å². The molecule has 0 aliphatic carbocycles. The number of halogens is 1. The second kappa shape index (κ2) is 13.9. The minimum absolute atomic E-state index is 0.0149. The molecule has 8 nitrogen and oxygen atoms in total. The fourth-order valence-corrected chi connectivity index (χ4v) is 5.03. The molecule has 0 aliphatic rings. The molecule has 0 radical (unpaired) electrons. The van der Waals surface area contributed by atoms with Gasteiger partial charge in [0.05, 0.1) is 19.1 Å². The number of ether oxygens (including phenoxy) is 1. The topological polar surface area (TPSA) is 96.0 Å². The fraction of sp³-hybridized carbons (Fsp3) is 0.333. The number of nitrogens with zero attached hydrogens (tertiary/aromatic N) is 2. The van der Waals surface area contributed by atoms with Crippen molar-refractivity contribution in [2.75, 3.05) is 30.8 Å². The molecule has 0 bridgehead atoms. The molecule has 10 heteroatoms. The Morgan fingerprint density at radius 1 is 0.950 bits per heavy atom. The van der Waals surface area contributed by atoms with Crippen LogP contribution in [0, 0.1) is 11.7 Å². The van der Waals surface area contributed by atoms with Crippen LogP contribution in [0.15, 0.2) is 78.9 Å². The van der Waals surface area contributed by atoms with Crippen LogP contribution in [0.3, 0.4) is 0 Å². The number of sulfonamides is 1. The predicted molar refractivity (Wildman–Crippen MR) is 154 cm³/mol. The van der Waals surface area contributed by atoms with E-state index >= 15 is 0 Å². The lowest BCUT2D eigenvalue weighted by atomic mass is 10.0. The second-order valence-corrected chi connectivity index (χ2v) is 11.9. The zero-order valence-electron chi connectivity index (χ0n) is 23.2. The van der Waals surface area contributed by atoms with Crippen LogP contribution in [-0.4, -0.2) is 57.6 Å². The Morgan fingerprint density at radius 3 is 2.25 bits per heavy atom. The van der Waals surface area contributed by atoms with Gasteiger partial charge in [-0.3, -0.25) is 13.9 Å². The number of amides is 2. The van der Waals surface area contributed by atoms with Crippen molar-refractivity contribution in [3.8, 4) is 5.75 Å². The van der Waals surface area contributed by atoms with Crippen LogP contribution in [0.1, 0.15) is 25.0 Å². The van der Waals surface area contributed by atoms with Crippen LogP contribution in [0.4, 0.5) is 10.1 Å². The summed E-state index contributed by atoms with van der Waals surface area (Å²) < 4.78 is 45.7. The molecule has 0 heterocycles. The first-order valence-corrected chi connectivity index (χ1v) is 14.8. The summed E-state index contributed by atoms with van der Waals surface area (Å²) in [4.78, 5) is 29.0. The first kappa shape index (κ1) is 30.6. The van der Waals surface area contributed by atoms with Crippen LogP contribution in [0.25, 0.3) is 0 Å². The highest BCUT2D eigenvalue weighted by atomic mass is 32.2. The summed E-state index contributed by atoms with van der Waals surface area (Å²) in [6.45, 7) is 3.74. The third-order valence-electron chi connectivity index (χ3n) is 6.22. The molecule has 40 heavy (non-hydrogen) atoms. The van der Waals surface area contributed by atoms with Gasteiger partial charge < -0.3 is 15.0 Å². The molecule has 0 spiro atoms. The Balaban J connectivity index is 2.06. The van der Waals surface area contributed by atoms with E-state index in [1.165, 1.54) is 30.2 Å². The average Bonchev–Trinajstić information content (AvgIpc) is 2.92. The molecule has 1 N–H and O–H groups in total. The van der Waals surface area contributed by atoms with Crippen LogP contribution in [0.2, 0.25) is 0 Å². The molecule has 3 rings (SSSR count). The van der Waals surface area contributed by atoms with Gasteiger partial charge >= 0.3 is 0 Å². The highest BCUT2D eigenvalue weighted by Gasteiger charge is 2.33. The molecule has 3 aromatic carbocycles. The van der Waals surface area contributed by atoms with Gasteiger partial charge in [-0.05, 0) is 47.4 Å². The monoisotopic (exact) mass is 569 g/mol. The minimum atomic E-state index is -3.97. The maximum atomic E-state index is 14.0. The van der Waals surface area contributed by atoms with Crippen molar-refractivity contribution in [2.45, 2.75) is 32.9 Å². The van der Waals surface area contributed by atoms with Crippen molar-refractivity contribution in [3.05, 3.63) is 95.8 Å². The Kier molecular flexibility index (Phi) is 10.7. The van der Waals surface area contributed by atoms with Gasteiger partial charge in [0, 0.05) is 19.5 Å². The lowest BCUT2D eigenvalue weighted by molar-refractivity contribution is -0.140. The summed E-state index contributed by atoms with van der Waals surface area (Å²) in [6, 6.07) is 20.5. The van der Waals surface area contributed by atoms with Crippen molar-refractivity contribution in [1.29, 1.82) is 0 Å². The SMILES string of the molecule is COc1cccc(CN(C(=O)CN(c2cccc(F)c2)S(C)(=O)=O)[C@H](Cc2ccccc2)C(=O)NCC(C)C)c1. The van der Waals surface area contributed by atoms with Gasteiger partial charge in [-0.15, -0.1) is 0 Å². The lowest BCUT2D eigenvalue weighted by Gasteiger charge is -2.33. The van der Waals surface area contributed by atoms with E-state index in [4.69, 9.17) is 4.74 Å². The van der Waals surface area contributed by atoms with Crippen molar-refractivity contribution >= 4 is 27.5 Å². The van der Waals surface area contributed by atoms with Crippen molar-refractivity contribution in [3.63, 3.8) is 0 Å². The number of hydrogen-bond acceptors (Lipinski definition) is 5. The summed E-state index contributed by atoms with van der Waals surface area (Å²) in [5.74, 6) is -0.852. The molecular weight excluding hydrogens is 533 g/mol. The molecule has 1 atom stereocenters. The van der Waals surface area contributed by atoms with Gasteiger partial charge in [0.2, 0.25) is 21.8 Å². The zero-order chi connectivity index (χ0) is 29.3. The largest absolute Gasteiger partial charge is 0.497 e. The first-order valence-electron chi connectivity index (χ1n) is 12.9. The first-order chi connectivity index (χ1) is 19.0. The van der Waals surface area contributed by atoms with Crippen LogP contribution >= 0.6 is 0 Å². The van der Waals surface area contributed by atoms with Gasteiger partial charge in [-0.1, -0.05) is 62.4 Å². The molecule has 0 saturated heterocycles. The van der Waals surface area contributed by atoms with E-state index in [0.29, 0.717) is 17.9 Å². The predicted octanol–water partition coefficient (Wildman–Crippen LogP) is 4.01. The third kappa shape index (κ3) is 8.81. The summed E-state index contributed by atoms with van der Waals surface area (Å²) in [5, 5.41) is 2.93. The average molecular weight is 570 g/mol. The highest BCUT2D eigenvalue weighted by Crippen LogP contribution is 2.22. The summed E-state index contributed by atoms with van der Waals surface area (Å²) >= 11 is 0. The number of rotatable bonds is 13. The van der Waals surface area contributed by atoms with Gasteiger partial charge in [-0.25, -0.2) is 12.8 Å². The Bertz CT molecular complexity index is 1400. The van der Waals surface area contributed by atoms with E-state index in [9.17, 15) is 22.4 Å². The van der Waals surface area contributed by atoms with Crippen molar-refractivity contribution in [1.82, 2.24) is 10.2 Å². The number of carbonyl (C=O) groups excluding carboxylic acids is 2. The van der Waals surface area contributed by atoms with E-state index in [1.54, 1.807) is 24.3 Å². The molecule has 0 unspecified atom stereocenters. The van der Waals surface area contributed by atoms with E-state index in [1.807, 2.05) is 44.2 Å². The number of anilines is 1. The maximum absolute atomic E-state index is 14.0. The number of benzene rings is 3. The fourth-order valence-electron chi connectivity index (χ4n) is 4.19. The summed E-state index contributed by atoms with van der Waals surface area (Å²) in [6.07, 6.45) is 1.16. The molecule has 0 aromatic heterocycles. The quantitative estimate of drug-likeness (QED) is 0.336. The third-order valence-corrected chi connectivity index (χ3v) is 7.36. The number of hydrogen-bond donors (Lipinski definition) is 1. The standard InChI is InChI=1S/C30H36FN3O5S/c1-22(2)19-32-30(36)28(17-23-10-6-5-7-11-23)33(20-24-12-8-15-27(16-24)39-3)29(35)21-34(40(4,37)38)26-14-9-13-25(31)18-26/h5-16,18,22,28H,17,19-21H2,1-4H3,(H,32,36)/t28-/m1/s1. The second-order valence-electron chi connectivity index (χ2n) is 9.97. The lowest BCUT2D eigenvalue weighted by Crippen LogP contribution is -2.53. The molecular formula is C30H36FN3O5S. The van der Waals surface area contributed by atoms with E-state index < -0.39 is 34.3 Å². The zero-order valence-corrected chi connectivity index (χ0v) is 24.0. The maximum Gasteiger partial charge on any atom is 0.244 e. The smallest absolute Gasteiger partial charge is 0.244 e. The number of carbonyl (C=O) groups is 2. The highest BCUT2D eigenvalue weighted by molar-refractivity contribution is 7.92. The van der Waals surface area contributed by atoms with Crippen molar-refractivity contribution < 1.29 is 27.1 Å². The Hall–Kier alpha value is -3.92. The molecule has 0 fully saturated rings. The van der Waals surface area contributed by atoms with Crippen LogP contribution in [0.5, 0.6) is 5.75 Å². The molecule has 3 aromatic rings. The molecule has 0 aliphatic heterocycles. The van der Waals surface area contributed by atoms with Gasteiger partial charge in [0.25, 0.3) is 0 Å². The van der Waals surface area contributed by atoms with Crippen LogP contribution < -0.4 is 14.4 Å². The molecule has 214 valence electrons. The van der Waals surface area contributed by atoms with Gasteiger partial charge in [0.15, 0.2) is 0 Å². The van der Waals surface area contributed by atoms with Crippen molar-refractivity contribution in [2.24, 2.45) is 5.92 Å².